The fourth-order valence-electron chi connectivity index (χ4n) is 1.46. The van der Waals surface area contributed by atoms with E-state index in [0.717, 1.165) is 5.56 Å². The lowest BCUT2D eigenvalue weighted by atomic mass is 10.2. The SMILES string of the molecule is CCC(F)C(C)NS(=O)(=O)c1ccc(C)cc1. The van der Waals surface area contributed by atoms with Gasteiger partial charge in [0.1, 0.15) is 6.17 Å². The van der Waals surface area contributed by atoms with E-state index in [0.29, 0.717) is 0 Å². The van der Waals surface area contributed by atoms with Gasteiger partial charge < -0.3 is 0 Å². The molecule has 0 saturated carbocycles. The summed E-state index contributed by atoms with van der Waals surface area (Å²) in [5.74, 6) is 0. The fraction of sp³-hybridized carbons (Fsp3) is 0.500. The second-order valence-corrected chi connectivity index (χ2v) is 5.86. The summed E-state index contributed by atoms with van der Waals surface area (Å²) in [6.45, 7) is 5.09. The zero-order chi connectivity index (χ0) is 13.1. The van der Waals surface area contributed by atoms with Crippen LogP contribution in [-0.4, -0.2) is 20.6 Å². The smallest absolute Gasteiger partial charge is 0.240 e. The Morgan fingerprint density at radius 1 is 1.29 bits per heavy atom. The van der Waals surface area contributed by atoms with Gasteiger partial charge in [-0.2, -0.15) is 0 Å². The third-order valence-corrected chi connectivity index (χ3v) is 4.18. The molecular weight excluding hydrogens is 241 g/mol. The van der Waals surface area contributed by atoms with Crippen molar-refractivity contribution in [1.82, 2.24) is 4.72 Å². The second-order valence-electron chi connectivity index (χ2n) is 4.15. The van der Waals surface area contributed by atoms with Crippen LogP contribution in [0, 0.1) is 6.92 Å². The lowest BCUT2D eigenvalue weighted by Crippen LogP contribution is -2.38. The molecule has 17 heavy (non-hydrogen) atoms. The first-order valence-electron chi connectivity index (χ1n) is 5.60. The van der Waals surface area contributed by atoms with Crippen LogP contribution in [0.4, 0.5) is 4.39 Å². The molecule has 0 spiro atoms. The first kappa shape index (κ1) is 14.1. The molecule has 1 aromatic rings. The number of nitrogens with one attached hydrogen (secondary N) is 1. The van der Waals surface area contributed by atoms with Crippen molar-refractivity contribution in [3.05, 3.63) is 29.8 Å². The van der Waals surface area contributed by atoms with Gasteiger partial charge >= 0.3 is 0 Å². The highest BCUT2D eigenvalue weighted by Gasteiger charge is 2.22. The molecule has 1 N–H and O–H groups in total. The molecule has 96 valence electrons. The summed E-state index contributed by atoms with van der Waals surface area (Å²) in [6.07, 6.45) is -0.882. The van der Waals surface area contributed by atoms with Crippen LogP contribution in [0.5, 0.6) is 0 Å². The van der Waals surface area contributed by atoms with Crippen LogP contribution in [0.25, 0.3) is 0 Å². The van der Waals surface area contributed by atoms with Gasteiger partial charge in [-0.05, 0) is 32.4 Å². The van der Waals surface area contributed by atoms with Crippen molar-refractivity contribution < 1.29 is 12.8 Å². The van der Waals surface area contributed by atoms with E-state index in [1.807, 2.05) is 6.92 Å². The van der Waals surface area contributed by atoms with Crippen LogP contribution in [0.15, 0.2) is 29.2 Å². The van der Waals surface area contributed by atoms with Crippen molar-refractivity contribution in [2.24, 2.45) is 0 Å². The molecule has 0 saturated heterocycles. The second kappa shape index (κ2) is 5.60. The monoisotopic (exact) mass is 259 g/mol. The lowest BCUT2D eigenvalue weighted by Gasteiger charge is -2.17. The summed E-state index contributed by atoms with van der Waals surface area (Å²) in [4.78, 5) is 0.165. The number of hydrogen-bond donors (Lipinski definition) is 1. The van der Waals surface area contributed by atoms with E-state index in [2.05, 4.69) is 4.72 Å². The minimum absolute atomic E-state index is 0.165. The summed E-state index contributed by atoms with van der Waals surface area (Å²) in [7, 11) is -3.62. The minimum atomic E-state index is -3.62. The van der Waals surface area contributed by atoms with Gasteiger partial charge in [0.05, 0.1) is 10.9 Å². The molecule has 0 bridgehead atoms. The van der Waals surface area contributed by atoms with Crippen molar-refractivity contribution in [3.63, 3.8) is 0 Å². The zero-order valence-electron chi connectivity index (χ0n) is 10.3. The van der Waals surface area contributed by atoms with E-state index in [1.54, 1.807) is 19.1 Å². The summed E-state index contributed by atoms with van der Waals surface area (Å²) in [5, 5.41) is 0. The van der Waals surface area contributed by atoms with Crippen molar-refractivity contribution in [1.29, 1.82) is 0 Å². The summed E-state index contributed by atoms with van der Waals surface area (Å²) >= 11 is 0. The van der Waals surface area contributed by atoms with Crippen LogP contribution >= 0.6 is 0 Å². The maximum Gasteiger partial charge on any atom is 0.240 e. The molecule has 0 aromatic heterocycles. The quantitative estimate of drug-likeness (QED) is 0.882. The molecule has 1 aromatic carbocycles. The third-order valence-electron chi connectivity index (χ3n) is 2.60. The number of alkyl halides is 1. The summed E-state index contributed by atoms with van der Waals surface area (Å²) in [5.41, 5.74) is 0.980. The van der Waals surface area contributed by atoms with Gasteiger partial charge in [-0.15, -0.1) is 0 Å². The van der Waals surface area contributed by atoms with E-state index >= 15 is 0 Å². The van der Waals surface area contributed by atoms with E-state index < -0.39 is 22.2 Å². The molecule has 0 aliphatic heterocycles. The molecule has 1 rings (SSSR count). The molecule has 0 radical (unpaired) electrons. The van der Waals surface area contributed by atoms with Gasteiger partial charge in [0.25, 0.3) is 0 Å². The average molecular weight is 259 g/mol. The number of rotatable bonds is 5. The number of halogens is 1. The predicted octanol–water partition coefficient (Wildman–Crippen LogP) is 2.41. The number of sulfonamides is 1. The van der Waals surface area contributed by atoms with Gasteiger partial charge in [0, 0.05) is 0 Å². The van der Waals surface area contributed by atoms with Crippen LogP contribution in [0.1, 0.15) is 25.8 Å². The Labute approximate surface area is 102 Å². The zero-order valence-corrected chi connectivity index (χ0v) is 11.1. The van der Waals surface area contributed by atoms with Crippen LogP contribution < -0.4 is 4.72 Å². The molecule has 0 aliphatic rings. The van der Waals surface area contributed by atoms with Gasteiger partial charge in [-0.3, -0.25) is 0 Å². The average Bonchev–Trinajstić information content (AvgIpc) is 2.27. The van der Waals surface area contributed by atoms with E-state index in [4.69, 9.17) is 0 Å². The first-order valence-corrected chi connectivity index (χ1v) is 7.08. The fourth-order valence-corrected chi connectivity index (χ4v) is 2.73. The molecule has 0 fully saturated rings. The lowest BCUT2D eigenvalue weighted by molar-refractivity contribution is 0.272. The van der Waals surface area contributed by atoms with Crippen LogP contribution in [0.2, 0.25) is 0 Å². The van der Waals surface area contributed by atoms with Gasteiger partial charge in [0.2, 0.25) is 10.0 Å². The van der Waals surface area contributed by atoms with Crippen molar-refractivity contribution in [3.8, 4) is 0 Å². The normalized spacial score (nSPS) is 15.5. The molecule has 5 heteroatoms. The Balaban J connectivity index is 2.85. The number of benzene rings is 1. The maximum absolute atomic E-state index is 13.3. The van der Waals surface area contributed by atoms with Crippen molar-refractivity contribution in [2.45, 2.75) is 44.3 Å². The Morgan fingerprint density at radius 2 is 1.82 bits per heavy atom. The Hall–Kier alpha value is -0.940. The molecule has 2 unspecified atom stereocenters. The van der Waals surface area contributed by atoms with Crippen molar-refractivity contribution in [2.75, 3.05) is 0 Å². The molecule has 3 nitrogen and oxygen atoms in total. The highest BCUT2D eigenvalue weighted by atomic mass is 32.2. The standard InChI is InChI=1S/C12H18FNO2S/c1-4-12(13)10(3)14-17(15,16)11-7-5-9(2)6-8-11/h5-8,10,12,14H,4H2,1-3H3. The highest BCUT2D eigenvalue weighted by molar-refractivity contribution is 7.89. The predicted molar refractivity (Wildman–Crippen MR) is 66.1 cm³/mol. The molecule has 0 amide bonds. The molecule has 2 atom stereocenters. The topological polar surface area (TPSA) is 46.2 Å². The summed E-state index contributed by atoms with van der Waals surface area (Å²) < 4.78 is 39.4. The highest BCUT2D eigenvalue weighted by Crippen LogP contribution is 2.12. The van der Waals surface area contributed by atoms with Crippen LogP contribution in [0.3, 0.4) is 0 Å². The molecular formula is C12H18FNO2S. The molecule has 0 aliphatic carbocycles. The first-order chi connectivity index (χ1) is 7.86. The third kappa shape index (κ3) is 3.78. The number of aryl methyl sites for hydroxylation is 1. The molecule has 0 heterocycles. The van der Waals surface area contributed by atoms with Gasteiger partial charge in [0.15, 0.2) is 0 Å². The number of hydrogen-bond acceptors (Lipinski definition) is 2. The van der Waals surface area contributed by atoms with Gasteiger partial charge in [-0.25, -0.2) is 17.5 Å². The Morgan fingerprint density at radius 3 is 2.29 bits per heavy atom. The van der Waals surface area contributed by atoms with Crippen LogP contribution in [-0.2, 0) is 10.0 Å². The van der Waals surface area contributed by atoms with E-state index in [1.165, 1.54) is 19.1 Å². The summed E-state index contributed by atoms with van der Waals surface area (Å²) in [6, 6.07) is 5.75. The minimum Gasteiger partial charge on any atom is -0.246 e. The largest absolute Gasteiger partial charge is 0.246 e. The maximum atomic E-state index is 13.3. The van der Waals surface area contributed by atoms with E-state index in [9.17, 15) is 12.8 Å². The Bertz CT molecular complexity index is 456. The van der Waals surface area contributed by atoms with Gasteiger partial charge in [-0.1, -0.05) is 24.6 Å². The van der Waals surface area contributed by atoms with E-state index in [-0.39, 0.29) is 11.3 Å². The van der Waals surface area contributed by atoms with Crippen molar-refractivity contribution >= 4 is 10.0 Å². The Kier molecular flexibility index (Phi) is 4.65.